The van der Waals surface area contributed by atoms with Gasteiger partial charge >= 0.3 is 13.3 Å². The lowest BCUT2D eigenvalue weighted by Gasteiger charge is -2.35. The van der Waals surface area contributed by atoms with E-state index in [1.807, 2.05) is 13.0 Å². The number of piperidine rings is 3. The Bertz CT molecular complexity index is 3280. The molecule has 5 heterocycles. The van der Waals surface area contributed by atoms with E-state index in [-0.39, 0.29) is 90.9 Å². The number of primary amides is 1. The number of hydrogen-bond acceptors (Lipinski definition) is 11. The van der Waals surface area contributed by atoms with Gasteiger partial charge in [0, 0.05) is 66.8 Å². The van der Waals surface area contributed by atoms with Gasteiger partial charge in [0.05, 0.1) is 4.88 Å². The minimum atomic E-state index is -5.86. The molecule has 0 radical (unpaired) electrons. The molecule has 4 aromatic rings. The van der Waals surface area contributed by atoms with Gasteiger partial charge in [-0.05, 0) is 110 Å². The highest BCUT2D eigenvalue weighted by atomic mass is 32.1. The summed E-state index contributed by atoms with van der Waals surface area (Å²) in [4.78, 5) is 145. The molecule has 9 rings (SSSR count). The molecule has 0 spiro atoms. The van der Waals surface area contributed by atoms with Crippen LogP contribution in [0.25, 0.3) is 10.1 Å². The van der Waals surface area contributed by atoms with Crippen LogP contribution in [0.4, 0.5) is 8.78 Å². The molecule has 5 aliphatic rings. The molecule has 3 aromatic carbocycles. The van der Waals surface area contributed by atoms with Crippen LogP contribution >= 0.6 is 18.9 Å². The van der Waals surface area contributed by atoms with E-state index < -0.39 is 84.5 Å². The molecule has 428 valence electrons. The third-order valence-corrected chi connectivity index (χ3v) is 18.1. The van der Waals surface area contributed by atoms with Gasteiger partial charge in [-0.25, -0.2) is 0 Å². The van der Waals surface area contributed by atoms with Gasteiger partial charge in [-0.15, -0.1) is 11.3 Å². The highest BCUT2D eigenvalue weighted by molar-refractivity contribution is 7.52. The van der Waals surface area contributed by atoms with Crippen molar-refractivity contribution < 1.29 is 66.3 Å². The molecule has 8 N–H and O–H groups in total. The SMILES string of the molecule is CCCC[C@H](NC(=O)c1cc2cc(C(F)(F)P(=O)(O)O)ccc2s1)C(=O)N1CC2C[C@H]2[C@H]1C(=O)N[C@@H](CCC(N)=O)C(=O)N[C@H](C(=O)N1CCC(CCC#Cc2cccc3c2CN(C2CCC(=O)NC2=O)C3=O)CC1)c1ccccc1. The van der Waals surface area contributed by atoms with Crippen LogP contribution in [0.2, 0.25) is 0 Å². The minimum Gasteiger partial charge on any atom is -0.370 e. The van der Waals surface area contributed by atoms with Crippen molar-refractivity contribution >= 4 is 82.2 Å². The lowest BCUT2D eigenvalue weighted by atomic mass is 9.91. The van der Waals surface area contributed by atoms with Gasteiger partial charge in [0.2, 0.25) is 41.4 Å². The Labute approximate surface area is 469 Å². The first-order valence-corrected chi connectivity index (χ1v) is 29.6. The summed E-state index contributed by atoms with van der Waals surface area (Å²) in [7, 11) is -5.86. The molecule has 2 unspecified atom stereocenters. The number of rotatable bonds is 20. The van der Waals surface area contributed by atoms with E-state index in [4.69, 9.17) is 5.73 Å². The zero-order valence-electron chi connectivity index (χ0n) is 44.4. The Morgan fingerprint density at radius 1 is 0.914 bits per heavy atom. The molecule has 24 heteroatoms. The van der Waals surface area contributed by atoms with Crippen molar-refractivity contribution in [3.63, 3.8) is 0 Å². The largest absolute Gasteiger partial charge is 0.399 e. The molecule has 1 aromatic heterocycles. The summed E-state index contributed by atoms with van der Waals surface area (Å²) < 4.78 is 41.0. The number of benzene rings is 3. The third-order valence-electron chi connectivity index (χ3n) is 16.0. The van der Waals surface area contributed by atoms with Crippen LogP contribution in [0, 0.1) is 29.6 Å². The van der Waals surface area contributed by atoms with E-state index in [1.165, 1.54) is 21.9 Å². The van der Waals surface area contributed by atoms with Gasteiger partial charge in [-0.2, -0.15) is 8.78 Å². The Hall–Kier alpha value is -7.38. The molecule has 9 amide bonds. The molecular formula is C57H63F2N8O12PS. The number of alkyl halides is 2. The quantitative estimate of drug-likeness (QED) is 0.0360. The summed E-state index contributed by atoms with van der Waals surface area (Å²) in [5.41, 5.74) is 2.56. The summed E-state index contributed by atoms with van der Waals surface area (Å²) in [6, 6.07) is 12.8. The second-order valence-electron chi connectivity index (χ2n) is 21.5. The van der Waals surface area contributed by atoms with Gasteiger partial charge in [0.1, 0.15) is 30.2 Å². The maximum atomic E-state index is 14.6. The number of carbonyl (C=O) groups excluding carboxylic acids is 9. The zero-order chi connectivity index (χ0) is 57.9. The molecule has 20 nitrogen and oxygen atoms in total. The molecule has 0 bridgehead atoms. The van der Waals surface area contributed by atoms with Crippen LogP contribution in [0.15, 0.2) is 72.8 Å². The van der Waals surface area contributed by atoms with Crippen LogP contribution < -0.4 is 27.0 Å². The maximum Gasteiger partial charge on any atom is 0.399 e. The smallest absolute Gasteiger partial charge is 0.370 e. The number of carbonyl (C=O) groups is 9. The number of thiophene rings is 1. The van der Waals surface area contributed by atoms with Crippen LogP contribution in [-0.2, 0) is 50.3 Å². The van der Waals surface area contributed by atoms with Gasteiger partial charge in [0.25, 0.3) is 11.8 Å². The molecule has 1 aliphatic carbocycles. The van der Waals surface area contributed by atoms with E-state index >= 15 is 0 Å². The second-order valence-corrected chi connectivity index (χ2v) is 24.2. The van der Waals surface area contributed by atoms with E-state index in [0.717, 1.165) is 35.5 Å². The number of halogens is 2. The topological polar surface area (TPSA) is 295 Å². The highest BCUT2D eigenvalue weighted by Crippen LogP contribution is 2.59. The molecule has 4 fully saturated rings. The van der Waals surface area contributed by atoms with Crippen LogP contribution in [-0.4, -0.2) is 121 Å². The number of amides is 9. The summed E-state index contributed by atoms with van der Waals surface area (Å²) in [6.07, 6.45) is 4.49. The first-order valence-electron chi connectivity index (χ1n) is 27.2. The average molecular weight is 1150 g/mol. The van der Waals surface area contributed by atoms with Crippen LogP contribution in [0.3, 0.4) is 0 Å². The lowest BCUT2D eigenvalue weighted by Crippen LogP contribution is -2.58. The number of nitrogens with one attached hydrogen (secondary N) is 4. The van der Waals surface area contributed by atoms with E-state index in [1.54, 1.807) is 47.4 Å². The highest BCUT2D eigenvalue weighted by Gasteiger charge is 2.58. The van der Waals surface area contributed by atoms with Gasteiger partial charge in [-0.1, -0.05) is 74.1 Å². The number of fused-ring (bicyclic) bond motifs is 3. The summed E-state index contributed by atoms with van der Waals surface area (Å²) >= 11 is 0.932. The number of nitrogens with zero attached hydrogens (tertiary/aromatic N) is 3. The first kappa shape index (κ1) is 58.3. The van der Waals surface area contributed by atoms with Crippen LogP contribution in [0.1, 0.15) is 132 Å². The van der Waals surface area contributed by atoms with E-state index in [9.17, 15) is 66.3 Å². The van der Waals surface area contributed by atoms with Crippen molar-refractivity contribution in [1.29, 1.82) is 0 Å². The number of unbranched alkanes of at least 4 members (excludes halogenated alkanes) is 1. The van der Waals surface area contributed by atoms with Crippen LogP contribution in [0.5, 0.6) is 0 Å². The molecule has 81 heavy (non-hydrogen) atoms. The summed E-state index contributed by atoms with van der Waals surface area (Å²) in [5.74, 6) is 1.51. The van der Waals surface area contributed by atoms with Gasteiger partial charge in [-0.3, -0.25) is 53.0 Å². The number of hydrogen-bond donors (Lipinski definition) is 7. The maximum absolute atomic E-state index is 14.6. The van der Waals surface area contributed by atoms with Gasteiger partial charge < -0.3 is 46.2 Å². The fraction of sp³-hybridized carbons (Fsp3) is 0.456. The Morgan fingerprint density at radius 2 is 1.67 bits per heavy atom. The predicted octanol–water partition coefficient (Wildman–Crippen LogP) is 4.70. The van der Waals surface area contributed by atoms with Crippen molar-refractivity contribution in [2.75, 3.05) is 19.6 Å². The molecule has 1 saturated carbocycles. The van der Waals surface area contributed by atoms with Crippen molar-refractivity contribution in [3.05, 3.63) is 105 Å². The summed E-state index contributed by atoms with van der Waals surface area (Å²) in [5, 5.41) is 10.8. The van der Waals surface area contributed by atoms with Crippen molar-refractivity contribution in [1.82, 2.24) is 36.0 Å². The fourth-order valence-corrected chi connectivity index (χ4v) is 12.8. The van der Waals surface area contributed by atoms with Crippen molar-refractivity contribution in [2.24, 2.45) is 23.5 Å². The van der Waals surface area contributed by atoms with Gasteiger partial charge in [0.15, 0.2) is 0 Å². The zero-order valence-corrected chi connectivity index (χ0v) is 46.1. The Balaban J connectivity index is 0.828. The van der Waals surface area contributed by atoms with E-state index in [2.05, 4.69) is 33.1 Å². The fourth-order valence-electron chi connectivity index (χ4n) is 11.4. The lowest BCUT2D eigenvalue weighted by molar-refractivity contribution is -0.142. The molecule has 3 saturated heterocycles. The van der Waals surface area contributed by atoms with E-state index in [0.29, 0.717) is 73.0 Å². The third kappa shape index (κ3) is 12.9. The first-order chi connectivity index (χ1) is 38.6. The Morgan fingerprint density at radius 3 is 2.37 bits per heavy atom. The van der Waals surface area contributed by atoms with Crippen molar-refractivity contribution in [3.8, 4) is 11.8 Å². The average Bonchev–Trinajstić information content (AvgIpc) is 3.77. The monoisotopic (exact) mass is 1150 g/mol. The molecule has 4 aliphatic heterocycles. The standard InChI is InChI=1S/C57H63F2N8O12PS/c1-2-3-16-42(62-52(72)45-29-35-27-37(17-20-44(35)81-45)57(58,59)80(77,78)79)55(75)67-30-36-28-39(36)49(67)53(73)61-41(18-21-46(60)68)50(70)64-48(34-12-5-4-6-13-34)56(76)65-25-23-32(24-26-65)10-7-8-11-33-14-9-15-38-40(33)31-66(54(38)74)43-19-22-47(69)63-51(43)71/h4-6,9,12-15,17,20,27,29,32,36,39,41-43,48-49H,2-3,7,10,16,18-19,21-26,28,30-31H2,1H3,(H2,60,68)(H,61,73)(H,62,72)(H,64,70)(H,63,69,71)(H2,77,78,79)/t36?,39-,41+,42+,43?,48+,49+/m1/s1. The van der Waals surface area contributed by atoms with Crippen molar-refractivity contribution in [2.45, 2.75) is 126 Å². The number of likely N-dealkylation sites (tertiary alicyclic amines) is 2. The normalized spacial score (nSPS) is 21.0. The molecular weight excluding hydrogens is 1090 g/mol. The Kier molecular flexibility index (Phi) is 17.5. The number of imide groups is 1. The predicted molar refractivity (Wildman–Crippen MR) is 291 cm³/mol. The molecule has 7 atom stereocenters. The minimum absolute atomic E-state index is 0.0322. The second kappa shape index (κ2) is 24.4. The summed E-state index contributed by atoms with van der Waals surface area (Å²) in [6.45, 7) is 3.09. The number of nitrogens with two attached hydrogens (primary N) is 1.